The van der Waals surface area contributed by atoms with Crippen molar-refractivity contribution in [3.63, 3.8) is 0 Å². The zero-order valence-corrected chi connectivity index (χ0v) is 19.1. The van der Waals surface area contributed by atoms with Crippen molar-refractivity contribution in [2.24, 2.45) is 4.99 Å². The molecular weight excluding hydrogens is 400 g/mol. The molecule has 4 rings (SSSR count). The van der Waals surface area contributed by atoms with Crippen molar-refractivity contribution in [1.29, 1.82) is 0 Å². The molecule has 0 radical (unpaired) electrons. The van der Waals surface area contributed by atoms with E-state index in [0.29, 0.717) is 13.0 Å². The minimum atomic E-state index is 0.0686. The van der Waals surface area contributed by atoms with E-state index in [1.165, 1.54) is 43.2 Å². The summed E-state index contributed by atoms with van der Waals surface area (Å²) in [6.07, 6.45) is 6.60. The zero-order valence-electron chi connectivity index (χ0n) is 19.1. The van der Waals surface area contributed by atoms with Gasteiger partial charge in [-0.2, -0.15) is 0 Å². The van der Waals surface area contributed by atoms with Crippen LogP contribution in [0.5, 0.6) is 5.75 Å². The van der Waals surface area contributed by atoms with Crippen LogP contribution in [0, 0.1) is 0 Å². The van der Waals surface area contributed by atoms with Crippen LogP contribution in [-0.2, 0) is 10.2 Å². The molecule has 1 atom stereocenters. The predicted molar refractivity (Wildman–Crippen MR) is 130 cm³/mol. The van der Waals surface area contributed by atoms with Crippen LogP contribution in [0.3, 0.4) is 0 Å². The van der Waals surface area contributed by atoms with E-state index in [0.717, 1.165) is 23.9 Å². The highest BCUT2D eigenvalue weighted by Gasteiger charge is 2.34. The molecule has 1 aliphatic carbocycles. The van der Waals surface area contributed by atoms with Crippen LogP contribution in [0.1, 0.15) is 55.6 Å². The van der Waals surface area contributed by atoms with Crippen molar-refractivity contribution in [1.82, 2.24) is 10.6 Å². The molecule has 32 heavy (non-hydrogen) atoms. The standard InChI is InChI=1S/C26H34N4O2/c1-27-25(28-17-19-16-24(31)30-23-9-5-4-8-22(19)23)29-18-26(14-6-3-7-15-26)20-10-12-21(32-2)13-11-20/h4-5,8-13,19H,3,6-7,14-18H2,1-2H3,(H,30,31)(H2,27,28,29). The third kappa shape index (κ3) is 4.90. The second-order valence-electron chi connectivity index (χ2n) is 8.91. The van der Waals surface area contributed by atoms with E-state index in [-0.39, 0.29) is 17.2 Å². The second kappa shape index (κ2) is 10.1. The maximum Gasteiger partial charge on any atom is 0.225 e. The Hall–Kier alpha value is -3.02. The SMILES string of the molecule is CN=C(NCC1CC(=O)Nc2ccccc21)NCC1(c2ccc(OC)cc2)CCCCC1. The average molecular weight is 435 g/mol. The van der Waals surface area contributed by atoms with Gasteiger partial charge in [0.2, 0.25) is 5.91 Å². The molecule has 1 unspecified atom stereocenters. The normalized spacial score (nSPS) is 20.1. The Labute approximate surface area is 190 Å². The summed E-state index contributed by atoms with van der Waals surface area (Å²) in [4.78, 5) is 16.6. The summed E-state index contributed by atoms with van der Waals surface area (Å²) in [6.45, 7) is 1.50. The summed E-state index contributed by atoms with van der Waals surface area (Å²) < 4.78 is 5.35. The van der Waals surface area contributed by atoms with E-state index >= 15 is 0 Å². The fourth-order valence-electron chi connectivity index (χ4n) is 5.12. The molecule has 2 aromatic carbocycles. The lowest BCUT2D eigenvalue weighted by Gasteiger charge is -2.38. The third-order valence-corrected chi connectivity index (χ3v) is 6.95. The molecule has 1 amide bonds. The van der Waals surface area contributed by atoms with Gasteiger partial charge >= 0.3 is 0 Å². The summed E-state index contributed by atoms with van der Waals surface area (Å²) in [5, 5.41) is 10.0. The Kier molecular flexibility index (Phi) is 6.98. The molecule has 2 aliphatic rings. The quantitative estimate of drug-likeness (QED) is 0.471. The van der Waals surface area contributed by atoms with Gasteiger partial charge in [-0.05, 0) is 42.2 Å². The Bertz CT molecular complexity index is 949. The van der Waals surface area contributed by atoms with E-state index in [1.54, 1.807) is 14.2 Å². The first-order chi connectivity index (χ1) is 15.6. The minimum absolute atomic E-state index is 0.0686. The molecule has 0 aromatic heterocycles. The Morgan fingerprint density at radius 3 is 2.56 bits per heavy atom. The summed E-state index contributed by atoms with van der Waals surface area (Å²) in [5.74, 6) is 1.87. The van der Waals surface area contributed by atoms with Crippen LogP contribution in [0.25, 0.3) is 0 Å². The maximum atomic E-state index is 12.1. The summed E-state index contributed by atoms with van der Waals surface area (Å²) in [6, 6.07) is 16.6. The lowest BCUT2D eigenvalue weighted by Crippen LogP contribution is -2.47. The van der Waals surface area contributed by atoms with E-state index in [9.17, 15) is 4.79 Å². The highest BCUT2D eigenvalue weighted by molar-refractivity contribution is 5.94. The maximum absolute atomic E-state index is 12.1. The van der Waals surface area contributed by atoms with Gasteiger partial charge in [0, 0.05) is 43.6 Å². The largest absolute Gasteiger partial charge is 0.497 e. The molecule has 6 heteroatoms. The van der Waals surface area contributed by atoms with E-state index in [4.69, 9.17) is 4.74 Å². The Morgan fingerprint density at radius 2 is 1.84 bits per heavy atom. The van der Waals surface area contributed by atoms with Crippen molar-refractivity contribution >= 4 is 17.6 Å². The number of aliphatic imine (C=N–C) groups is 1. The van der Waals surface area contributed by atoms with Gasteiger partial charge in [0.05, 0.1) is 7.11 Å². The van der Waals surface area contributed by atoms with Crippen LogP contribution in [0.4, 0.5) is 5.69 Å². The molecule has 1 fully saturated rings. The van der Waals surface area contributed by atoms with Crippen LogP contribution < -0.4 is 20.7 Å². The number of hydrogen-bond donors (Lipinski definition) is 3. The number of hydrogen-bond acceptors (Lipinski definition) is 3. The minimum Gasteiger partial charge on any atom is -0.497 e. The number of guanidine groups is 1. The average Bonchev–Trinajstić information content (AvgIpc) is 2.84. The number of methoxy groups -OCH3 is 1. The Morgan fingerprint density at radius 1 is 1.09 bits per heavy atom. The van der Waals surface area contributed by atoms with E-state index < -0.39 is 0 Å². The van der Waals surface area contributed by atoms with Crippen molar-refractivity contribution < 1.29 is 9.53 Å². The molecule has 6 nitrogen and oxygen atoms in total. The van der Waals surface area contributed by atoms with Crippen molar-refractivity contribution in [3.8, 4) is 5.75 Å². The van der Waals surface area contributed by atoms with Gasteiger partial charge in [0.25, 0.3) is 0 Å². The first-order valence-corrected chi connectivity index (χ1v) is 11.6. The predicted octanol–water partition coefficient (Wildman–Crippen LogP) is 4.19. The van der Waals surface area contributed by atoms with Crippen LogP contribution in [-0.4, -0.2) is 39.1 Å². The summed E-state index contributed by atoms with van der Waals surface area (Å²) >= 11 is 0. The highest BCUT2D eigenvalue weighted by atomic mass is 16.5. The number of rotatable bonds is 6. The number of nitrogens with one attached hydrogen (secondary N) is 3. The lowest BCUT2D eigenvalue weighted by atomic mass is 9.69. The number of carbonyl (C=O) groups is 1. The van der Waals surface area contributed by atoms with Gasteiger partial charge in [-0.15, -0.1) is 0 Å². The van der Waals surface area contributed by atoms with Crippen LogP contribution in [0.2, 0.25) is 0 Å². The second-order valence-corrected chi connectivity index (χ2v) is 8.91. The van der Waals surface area contributed by atoms with Gasteiger partial charge in [0.15, 0.2) is 5.96 Å². The first kappa shape index (κ1) is 22.2. The Balaban J connectivity index is 1.42. The van der Waals surface area contributed by atoms with Gasteiger partial charge in [-0.3, -0.25) is 9.79 Å². The summed E-state index contributed by atoms with van der Waals surface area (Å²) in [5.41, 5.74) is 3.55. The van der Waals surface area contributed by atoms with Gasteiger partial charge in [-0.25, -0.2) is 0 Å². The number of fused-ring (bicyclic) bond motifs is 1. The highest BCUT2D eigenvalue weighted by Crippen LogP contribution is 2.39. The molecular formula is C26H34N4O2. The third-order valence-electron chi connectivity index (χ3n) is 6.95. The van der Waals surface area contributed by atoms with E-state index in [1.807, 2.05) is 18.2 Å². The van der Waals surface area contributed by atoms with E-state index in [2.05, 4.69) is 51.3 Å². The molecule has 0 spiro atoms. The molecule has 0 saturated heterocycles. The number of amides is 1. The smallest absolute Gasteiger partial charge is 0.225 e. The number of nitrogens with zero attached hydrogens (tertiary/aromatic N) is 1. The van der Waals surface area contributed by atoms with Crippen LogP contribution in [0.15, 0.2) is 53.5 Å². The number of benzene rings is 2. The van der Waals surface area contributed by atoms with Crippen LogP contribution >= 0.6 is 0 Å². The van der Waals surface area contributed by atoms with Gasteiger partial charge < -0.3 is 20.7 Å². The van der Waals surface area contributed by atoms with Crippen molar-refractivity contribution in [2.75, 3.05) is 32.6 Å². The number of anilines is 1. The fourth-order valence-corrected chi connectivity index (χ4v) is 5.12. The first-order valence-electron chi connectivity index (χ1n) is 11.6. The topological polar surface area (TPSA) is 74.8 Å². The molecule has 2 aromatic rings. The van der Waals surface area contributed by atoms with Crippen molar-refractivity contribution in [2.45, 2.75) is 49.9 Å². The summed E-state index contributed by atoms with van der Waals surface area (Å²) in [7, 11) is 3.51. The molecule has 0 bridgehead atoms. The molecule has 1 saturated carbocycles. The van der Waals surface area contributed by atoms with Gasteiger partial charge in [-0.1, -0.05) is 49.6 Å². The number of ether oxygens (including phenoxy) is 1. The molecule has 170 valence electrons. The fraction of sp³-hybridized carbons (Fsp3) is 0.462. The molecule has 1 aliphatic heterocycles. The lowest BCUT2D eigenvalue weighted by molar-refractivity contribution is -0.116. The number of para-hydroxylation sites is 1. The molecule has 3 N–H and O–H groups in total. The number of carbonyl (C=O) groups excluding carboxylic acids is 1. The van der Waals surface area contributed by atoms with Crippen molar-refractivity contribution in [3.05, 3.63) is 59.7 Å². The zero-order chi connectivity index (χ0) is 22.4. The van der Waals surface area contributed by atoms with Gasteiger partial charge in [0.1, 0.15) is 5.75 Å². The monoisotopic (exact) mass is 434 g/mol. The molecule has 1 heterocycles.